The van der Waals surface area contributed by atoms with Gasteiger partial charge in [0, 0.05) is 11.5 Å². The van der Waals surface area contributed by atoms with Gasteiger partial charge in [-0.25, -0.2) is 4.79 Å². The fourth-order valence-corrected chi connectivity index (χ4v) is 2.07. The molecule has 0 saturated carbocycles. The Kier molecular flexibility index (Phi) is 4.60. The Bertz CT molecular complexity index is 787. The summed E-state index contributed by atoms with van der Waals surface area (Å²) in [6, 6.07) is 4.96. The van der Waals surface area contributed by atoms with E-state index < -0.39 is 11.6 Å². The van der Waals surface area contributed by atoms with Gasteiger partial charge in [0.25, 0.3) is 0 Å². The fraction of sp³-hybridized carbons (Fsp3) is 0.312. The first-order valence-electron chi connectivity index (χ1n) is 6.67. The Morgan fingerprint density at radius 2 is 2.00 bits per heavy atom. The van der Waals surface area contributed by atoms with E-state index in [1.54, 1.807) is 25.1 Å². The topological polar surface area (TPSA) is 82.8 Å². The van der Waals surface area contributed by atoms with E-state index in [4.69, 9.17) is 9.15 Å². The molecule has 0 aliphatic carbocycles. The average Bonchev–Trinajstić information content (AvgIpc) is 2.48. The number of ketones is 1. The largest absolute Gasteiger partial charge is 0.486 e. The molecule has 0 amide bonds. The summed E-state index contributed by atoms with van der Waals surface area (Å²) in [4.78, 5) is 34.3. The molecule has 0 atom stereocenters. The van der Waals surface area contributed by atoms with E-state index in [1.807, 2.05) is 0 Å². The number of benzene rings is 1. The van der Waals surface area contributed by atoms with Gasteiger partial charge in [-0.05, 0) is 31.5 Å². The number of fused-ring (bicyclic) bond motifs is 1. The van der Waals surface area contributed by atoms with Crippen LogP contribution in [0.25, 0.3) is 11.0 Å². The van der Waals surface area contributed by atoms with Crippen molar-refractivity contribution in [2.75, 3.05) is 13.7 Å². The Labute approximate surface area is 126 Å². The summed E-state index contributed by atoms with van der Waals surface area (Å²) in [6.07, 6.45) is -0.136. The molecule has 1 aromatic carbocycles. The normalized spacial score (nSPS) is 10.5. The van der Waals surface area contributed by atoms with Crippen LogP contribution in [0.4, 0.5) is 0 Å². The summed E-state index contributed by atoms with van der Waals surface area (Å²) in [5.74, 6) is -0.173. The highest BCUT2D eigenvalue weighted by Crippen LogP contribution is 2.24. The van der Waals surface area contributed by atoms with Crippen LogP contribution in [0.15, 0.2) is 27.4 Å². The van der Waals surface area contributed by atoms with Crippen molar-refractivity contribution in [3.05, 3.63) is 39.7 Å². The molecule has 6 heteroatoms. The van der Waals surface area contributed by atoms with Gasteiger partial charge in [0.1, 0.15) is 17.9 Å². The van der Waals surface area contributed by atoms with Gasteiger partial charge >= 0.3 is 11.6 Å². The van der Waals surface area contributed by atoms with Gasteiger partial charge in [-0.1, -0.05) is 0 Å². The molecule has 0 spiro atoms. The molecule has 2 aromatic rings. The van der Waals surface area contributed by atoms with E-state index in [2.05, 4.69) is 4.74 Å². The van der Waals surface area contributed by atoms with Crippen molar-refractivity contribution in [2.45, 2.75) is 20.3 Å². The van der Waals surface area contributed by atoms with Crippen molar-refractivity contribution in [1.29, 1.82) is 0 Å². The number of hydrogen-bond donors (Lipinski definition) is 0. The second-order valence-corrected chi connectivity index (χ2v) is 4.89. The van der Waals surface area contributed by atoms with Crippen LogP contribution in [0.2, 0.25) is 0 Å². The second kappa shape index (κ2) is 6.43. The lowest BCUT2D eigenvalue weighted by molar-refractivity contribution is -0.139. The zero-order chi connectivity index (χ0) is 16.3. The van der Waals surface area contributed by atoms with Crippen molar-refractivity contribution >= 4 is 22.7 Å². The number of rotatable bonds is 5. The Morgan fingerprint density at radius 1 is 1.27 bits per heavy atom. The van der Waals surface area contributed by atoms with E-state index in [-0.39, 0.29) is 24.4 Å². The van der Waals surface area contributed by atoms with Crippen molar-refractivity contribution in [3.8, 4) is 5.75 Å². The minimum absolute atomic E-state index is 0.0465. The SMILES string of the molecule is COC(=O)Cc1c(C)c2ccc(OCC(C)=O)cc2oc1=O. The van der Waals surface area contributed by atoms with E-state index in [1.165, 1.54) is 14.0 Å². The number of hydrogen-bond acceptors (Lipinski definition) is 6. The summed E-state index contributed by atoms with van der Waals surface area (Å²) in [6.45, 7) is 3.12. The molecular formula is C16H16O6. The highest BCUT2D eigenvalue weighted by Gasteiger charge is 2.15. The maximum Gasteiger partial charge on any atom is 0.340 e. The molecule has 0 aliphatic heterocycles. The Balaban J connectivity index is 2.44. The molecular weight excluding hydrogens is 288 g/mol. The van der Waals surface area contributed by atoms with Crippen LogP contribution < -0.4 is 10.4 Å². The lowest BCUT2D eigenvalue weighted by Gasteiger charge is -2.09. The van der Waals surface area contributed by atoms with Crippen LogP contribution >= 0.6 is 0 Å². The van der Waals surface area contributed by atoms with Crippen molar-refractivity contribution in [1.82, 2.24) is 0 Å². The van der Waals surface area contributed by atoms with E-state index >= 15 is 0 Å². The van der Waals surface area contributed by atoms with Crippen LogP contribution in [0, 0.1) is 6.92 Å². The summed E-state index contributed by atoms with van der Waals surface area (Å²) in [7, 11) is 1.26. The third kappa shape index (κ3) is 3.33. The molecule has 0 saturated heterocycles. The number of carbonyl (C=O) groups excluding carboxylic acids is 2. The number of aryl methyl sites for hydroxylation is 1. The molecule has 2 rings (SSSR count). The first-order valence-corrected chi connectivity index (χ1v) is 6.67. The lowest BCUT2D eigenvalue weighted by atomic mass is 10.0. The van der Waals surface area contributed by atoms with Gasteiger partial charge in [-0.2, -0.15) is 0 Å². The number of methoxy groups -OCH3 is 1. The molecule has 1 aromatic heterocycles. The van der Waals surface area contributed by atoms with Gasteiger partial charge in [0.15, 0.2) is 5.78 Å². The molecule has 0 bridgehead atoms. The molecule has 6 nitrogen and oxygen atoms in total. The molecule has 0 fully saturated rings. The van der Waals surface area contributed by atoms with Gasteiger partial charge in [-0.15, -0.1) is 0 Å². The molecule has 116 valence electrons. The number of carbonyl (C=O) groups is 2. The predicted octanol–water partition coefficient (Wildman–Crippen LogP) is 1.78. The Morgan fingerprint density at radius 3 is 2.64 bits per heavy atom. The van der Waals surface area contributed by atoms with Gasteiger partial charge in [0.05, 0.1) is 19.1 Å². The van der Waals surface area contributed by atoms with Crippen molar-refractivity contribution in [3.63, 3.8) is 0 Å². The van der Waals surface area contributed by atoms with Crippen LogP contribution in [0.3, 0.4) is 0 Å². The smallest absolute Gasteiger partial charge is 0.340 e. The quantitative estimate of drug-likeness (QED) is 0.618. The van der Waals surface area contributed by atoms with E-state index in [0.717, 1.165) is 0 Å². The molecule has 0 N–H and O–H groups in total. The summed E-state index contributed by atoms with van der Waals surface area (Å²) < 4.78 is 15.1. The summed E-state index contributed by atoms with van der Waals surface area (Å²) >= 11 is 0. The maximum atomic E-state index is 12.0. The number of esters is 1. The van der Waals surface area contributed by atoms with Crippen LogP contribution in [-0.4, -0.2) is 25.5 Å². The minimum Gasteiger partial charge on any atom is -0.486 e. The van der Waals surface area contributed by atoms with E-state index in [0.29, 0.717) is 22.3 Å². The third-order valence-corrected chi connectivity index (χ3v) is 3.25. The fourth-order valence-electron chi connectivity index (χ4n) is 2.07. The molecule has 22 heavy (non-hydrogen) atoms. The number of Topliss-reactive ketones (excluding diaryl/α,β-unsaturated/α-hetero) is 1. The third-order valence-electron chi connectivity index (χ3n) is 3.25. The first kappa shape index (κ1) is 15.8. The van der Waals surface area contributed by atoms with E-state index in [9.17, 15) is 14.4 Å². The maximum absolute atomic E-state index is 12.0. The second-order valence-electron chi connectivity index (χ2n) is 4.89. The lowest BCUT2D eigenvalue weighted by Crippen LogP contribution is -2.16. The van der Waals surface area contributed by atoms with Gasteiger partial charge in [-0.3, -0.25) is 9.59 Å². The monoisotopic (exact) mass is 304 g/mol. The molecule has 0 aliphatic rings. The zero-order valence-electron chi connectivity index (χ0n) is 12.6. The average molecular weight is 304 g/mol. The minimum atomic E-state index is -0.584. The Hall–Kier alpha value is -2.63. The van der Waals surface area contributed by atoms with Crippen LogP contribution in [0.1, 0.15) is 18.1 Å². The summed E-state index contributed by atoms with van der Waals surface area (Å²) in [5.41, 5.74) is 0.697. The predicted molar refractivity (Wildman–Crippen MR) is 79.1 cm³/mol. The number of ether oxygens (including phenoxy) is 2. The standard InChI is InChI=1S/C16H16O6/c1-9(17)8-21-11-4-5-12-10(2)13(7-15(18)20-3)16(19)22-14(12)6-11/h4-6H,7-8H2,1-3H3. The van der Waals surface area contributed by atoms with Crippen molar-refractivity contribution < 1.29 is 23.5 Å². The highest BCUT2D eigenvalue weighted by molar-refractivity contribution is 5.84. The molecule has 0 unspecified atom stereocenters. The zero-order valence-corrected chi connectivity index (χ0v) is 12.6. The summed E-state index contributed by atoms with van der Waals surface area (Å²) in [5, 5.41) is 0.702. The van der Waals surface area contributed by atoms with Crippen LogP contribution in [-0.2, 0) is 20.7 Å². The first-order chi connectivity index (χ1) is 10.4. The van der Waals surface area contributed by atoms with Crippen LogP contribution in [0.5, 0.6) is 5.75 Å². The molecule has 1 heterocycles. The highest BCUT2D eigenvalue weighted by atomic mass is 16.5. The van der Waals surface area contributed by atoms with Crippen molar-refractivity contribution in [2.24, 2.45) is 0 Å². The van der Waals surface area contributed by atoms with Gasteiger partial charge in [0.2, 0.25) is 0 Å². The van der Waals surface area contributed by atoms with Gasteiger partial charge < -0.3 is 13.9 Å². The molecule has 0 radical (unpaired) electrons.